The number of aliphatic hydroxyl groups is 1. The second-order valence-corrected chi connectivity index (χ2v) is 7.05. The molecule has 4 aromatic rings. The minimum Gasteiger partial charge on any atom is -0.497 e. The third-order valence-corrected chi connectivity index (χ3v) is 4.93. The number of ether oxygens (including phenoxy) is 1. The van der Waals surface area contributed by atoms with Crippen molar-refractivity contribution in [2.75, 3.05) is 20.7 Å². The number of rotatable bonds is 6. The van der Waals surface area contributed by atoms with Crippen molar-refractivity contribution in [3.05, 3.63) is 83.9 Å². The molecule has 1 heterocycles. The van der Waals surface area contributed by atoms with Crippen molar-refractivity contribution in [2.45, 2.75) is 6.10 Å². The predicted molar refractivity (Wildman–Crippen MR) is 114 cm³/mol. The first-order valence-electron chi connectivity index (χ1n) is 9.58. The van der Waals surface area contributed by atoms with E-state index in [1.807, 2.05) is 54.6 Å². The van der Waals surface area contributed by atoms with Crippen LogP contribution in [0, 0.1) is 0 Å². The third-order valence-electron chi connectivity index (χ3n) is 4.93. The van der Waals surface area contributed by atoms with Crippen molar-refractivity contribution in [1.82, 2.24) is 9.88 Å². The topological polar surface area (TPSA) is 75.8 Å². The highest BCUT2D eigenvalue weighted by atomic mass is 16.5. The van der Waals surface area contributed by atoms with Crippen LogP contribution in [0.3, 0.4) is 0 Å². The van der Waals surface area contributed by atoms with Gasteiger partial charge in [-0.15, -0.1) is 0 Å². The molecule has 0 saturated carbocycles. The highest BCUT2D eigenvalue weighted by Gasteiger charge is 2.18. The Hall–Kier alpha value is -3.64. The Kier molecular flexibility index (Phi) is 5.50. The fraction of sp³-hybridized carbons (Fsp3) is 0.167. The number of nitrogens with zero attached hydrogens (tertiary/aromatic N) is 2. The van der Waals surface area contributed by atoms with Crippen molar-refractivity contribution < 1.29 is 19.1 Å². The lowest BCUT2D eigenvalue weighted by Gasteiger charge is -2.21. The first-order valence-corrected chi connectivity index (χ1v) is 9.58. The van der Waals surface area contributed by atoms with Gasteiger partial charge in [0, 0.05) is 18.2 Å². The van der Waals surface area contributed by atoms with E-state index < -0.39 is 6.10 Å². The van der Waals surface area contributed by atoms with E-state index in [4.69, 9.17) is 9.15 Å². The number of aromatic nitrogens is 1. The van der Waals surface area contributed by atoms with E-state index in [0.29, 0.717) is 28.3 Å². The molecule has 0 saturated heterocycles. The lowest BCUT2D eigenvalue weighted by Crippen LogP contribution is -2.31. The summed E-state index contributed by atoms with van der Waals surface area (Å²) >= 11 is 0. The second-order valence-electron chi connectivity index (χ2n) is 7.05. The molecule has 1 aromatic heterocycles. The maximum absolute atomic E-state index is 12.9. The number of likely N-dealkylation sites (N-methyl/N-ethyl adjacent to an activating group) is 1. The number of fused-ring (bicyclic) bond motifs is 1. The maximum Gasteiger partial charge on any atom is 0.253 e. The first kappa shape index (κ1) is 19.7. The summed E-state index contributed by atoms with van der Waals surface area (Å²) in [5.74, 6) is 0.969. The molecule has 0 radical (unpaired) electrons. The largest absolute Gasteiger partial charge is 0.497 e. The van der Waals surface area contributed by atoms with E-state index in [-0.39, 0.29) is 12.5 Å². The molecule has 152 valence electrons. The van der Waals surface area contributed by atoms with E-state index >= 15 is 0 Å². The van der Waals surface area contributed by atoms with Crippen LogP contribution < -0.4 is 4.74 Å². The van der Waals surface area contributed by atoms with Crippen LogP contribution in [0.5, 0.6) is 5.75 Å². The van der Waals surface area contributed by atoms with Crippen molar-refractivity contribution in [2.24, 2.45) is 0 Å². The predicted octanol–water partition coefficient (Wildman–Crippen LogP) is 4.31. The molecule has 0 bridgehead atoms. The summed E-state index contributed by atoms with van der Waals surface area (Å²) < 4.78 is 11.1. The molecule has 6 heteroatoms. The molecule has 0 fully saturated rings. The molecule has 0 aliphatic rings. The number of amides is 1. The van der Waals surface area contributed by atoms with Crippen LogP contribution >= 0.6 is 0 Å². The highest BCUT2D eigenvalue weighted by molar-refractivity contribution is 5.97. The van der Waals surface area contributed by atoms with Gasteiger partial charge in [-0.2, -0.15) is 0 Å². The van der Waals surface area contributed by atoms with E-state index in [1.54, 1.807) is 32.4 Å². The number of hydrogen-bond acceptors (Lipinski definition) is 5. The summed E-state index contributed by atoms with van der Waals surface area (Å²) in [6.07, 6.45) is -0.756. The maximum atomic E-state index is 12.9. The van der Waals surface area contributed by atoms with Crippen LogP contribution in [0.15, 0.2) is 77.2 Å². The van der Waals surface area contributed by atoms with Gasteiger partial charge in [-0.3, -0.25) is 4.79 Å². The second kappa shape index (κ2) is 8.39. The van der Waals surface area contributed by atoms with E-state index in [1.165, 1.54) is 4.90 Å². The van der Waals surface area contributed by atoms with E-state index in [0.717, 1.165) is 11.1 Å². The van der Waals surface area contributed by atoms with Gasteiger partial charge in [-0.05, 0) is 42.0 Å². The average molecular weight is 402 g/mol. The van der Waals surface area contributed by atoms with Crippen molar-refractivity contribution in [3.63, 3.8) is 0 Å². The molecular weight excluding hydrogens is 380 g/mol. The molecule has 1 unspecified atom stereocenters. The molecule has 1 N–H and O–H groups in total. The monoisotopic (exact) mass is 402 g/mol. The standard InChI is InChI=1S/C24H22N2O4/c1-26(15-21(27)16-7-4-3-5-8-16)24(28)18-11-12-20-22(14-18)30-23(25-20)17-9-6-10-19(13-17)29-2/h3-14,21,27H,15H2,1-2H3. The Balaban J connectivity index is 1.54. The normalized spacial score (nSPS) is 12.0. The van der Waals surface area contributed by atoms with Crippen molar-refractivity contribution in [1.29, 1.82) is 0 Å². The van der Waals surface area contributed by atoms with Gasteiger partial charge >= 0.3 is 0 Å². The minimum absolute atomic E-state index is 0.187. The summed E-state index contributed by atoms with van der Waals surface area (Å²) in [6.45, 7) is 0.187. The Labute approximate surface area is 174 Å². The Morgan fingerprint density at radius 3 is 2.67 bits per heavy atom. The average Bonchev–Trinajstić information content (AvgIpc) is 3.22. The first-order chi connectivity index (χ1) is 14.5. The van der Waals surface area contributed by atoms with Crippen LogP contribution in [-0.2, 0) is 0 Å². The lowest BCUT2D eigenvalue weighted by molar-refractivity contribution is 0.0681. The number of benzene rings is 3. The quantitative estimate of drug-likeness (QED) is 0.520. The zero-order chi connectivity index (χ0) is 21.1. The molecule has 30 heavy (non-hydrogen) atoms. The summed E-state index contributed by atoms with van der Waals surface area (Å²) in [7, 11) is 3.27. The number of aliphatic hydroxyl groups excluding tert-OH is 1. The fourth-order valence-corrected chi connectivity index (χ4v) is 3.28. The number of hydrogen-bond donors (Lipinski definition) is 1. The molecular formula is C24H22N2O4. The smallest absolute Gasteiger partial charge is 0.253 e. The van der Waals surface area contributed by atoms with Gasteiger partial charge in [0.05, 0.1) is 19.8 Å². The van der Waals surface area contributed by atoms with Gasteiger partial charge in [-0.1, -0.05) is 36.4 Å². The third kappa shape index (κ3) is 4.04. The van der Waals surface area contributed by atoms with Crippen LogP contribution in [0.2, 0.25) is 0 Å². The number of carbonyl (C=O) groups is 1. The Morgan fingerprint density at radius 2 is 1.90 bits per heavy atom. The Bertz CT molecular complexity index is 1170. The van der Waals surface area contributed by atoms with E-state index in [2.05, 4.69) is 4.98 Å². The Morgan fingerprint density at radius 1 is 1.10 bits per heavy atom. The van der Waals surface area contributed by atoms with Crippen molar-refractivity contribution in [3.8, 4) is 17.2 Å². The molecule has 4 rings (SSSR count). The molecule has 6 nitrogen and oxygen atoms in total. The van der Waals surface area contributed by atoms with Crippen LogP contribution in [0.1, 0.15) is 22.0 Å². The molecule has 0 aliphatic heterocycles. The van der Waals surface area contributed by atoms with E-state index in [9.17, 15) is 9.90 Å². The number of carbonyl (C=O) groups excluding carboxylic acids is 1. The van der Waals surface area contributed by atoms with Gasteiger partial charge in [0.2, 0.25) is 5.89 Å². The number of oxazole rings is 1. The summed E-state index contributed by atoms with van der Waals surface area (Å²) in [4.78, 5) is 18.9. The fourth-order valence-electron chi connectivity index (χ4n) is 3.28. The van der Waals surface area contributed by atoms with Gasteiger partial charge in [0.1, 0.15) is 11.3 Å². The molecule has 0 aliphatic carbocycles. The summed E-state index contributed by atoms with van der Waals surface area (Å²) in [5.41, 5.74) is 3.22. The van der Waals surface area contributed by atoms with Gasteiger partial charge in [0.25, 0.3) is 5.91 Å². The van der Waals surface area contributed by atoms with Gasteiger partial charge < -0.3 is 19.2 Å². The van der Waals surface area contributed by atoms with Crippen LogP contribution in [0.25, 0.3) is 22.6 Å². The highest BCUT2D eigenvalue weighted by Crippen LogP contribution is 2.27. The molecule has 1 amide bonds. The zero-order valence-electron chi connectivity index (χ0n) is 16.8. The molecule has 3 aromatic carbocycles. The SMILES string of the molecule is COc1cccc(-c2nc3ccc(C(=O)N(C)CC(O)c4ccccc4)cc3o2)c1. The summed E-state index contributed by atoms with van der Waals surface area (Å²) in [5, 5.41) is 10.4. The molecule has 1 atom stereocenters. The van der Waals surface area contributed by atoms with Crippen molar-refractivity contribution >= 4 is 17.0 Å². The number of methoxy groups -OCH3 is 1. The van der Waals surface area contributed by atoms with Gasteiger partial charge in [0.15, 0.2) is 5.58 Å². The van der Waals surface area contributed by atoms with Crippen LogP contribution in [-0.4, -0.2) is 41.6 Å². The van der Waals surface area contributed by atoms with Crippen LogP contribution in [0.4, 0.5) is 0 Å². The zero-order valence-corrected chi connectivity index (χ0v) is 16.8. The summed E-state index contributed by atoms with van der Waals surface area (Å²) in [6, 6.07) is 21.9. The minimum atomic E-state index is -0.756. The van der Waals surface area contributed by atoms with Gasteiger partial charge in [-0.25, -0.2) is 4.98 Å². The molecule has 0 spiro atoms. The lowest BCUT2D eigenvalue weighted by atomic mass is 10.1.